The minimum absolute atomic E-state index is 0.138. The Morgan fingerprint density at radius 3 is 1.82 bits per heavy atom. The fraction of sp³-hybridized carbons (Fsp3) is 0.310. The van der Waals surface area contributed by atoms with Gasteiger partial charge in [0.15, 0.2) is 0 Å². The average Bonchev–Trinajstić information content (AvgIpc) is 3.43. The van der Waals surface area contributed by atoms with Crippen LogP contribution in [0.4, 0.5) is 30.7 Å². The molecule has 212 valence electrons. The molecule has 2 aliphatic rings. The number of alkyl halides is 5. The molecule has 2 fully saturated rings. The quantitative estimate of drug-likeness (QED) is 0.203. The summed E-state index contributed by atoms with van der Waals surface area (Å²) in [5.41, 5.74) is -0.0758. The van der Waals surface area contributed by atoms with Gasteiger partial charge in [0, 0.05) is 5.56 Å². The second kappa shape index (κ2) is 10.3. The van der Waals surface area contributed by atoms with Gasteiger partial charge in [0.05, 0.1) is 13.2 Å². The van der Waals surface area contributed by atoms with E-state index in [9.17, 15) is 30.7 Å². The van der Waals surface area contributed by atoms with Crippen molar-refractivity contribution in [3.05, 3.63) is 94.6 Å². The first kappa shape index (κ1) is 28.3. The summed E-state index contributed by atoms with van der Waals surface area (Å²) < 4.78 is 113. The molecule has 3 aromatic carbocycles. The van der Waals surface area contributed by atoms with Crippen LogP contribution in [0.1, 0.15) is 42.0 Å². The van der Waals surface area contributed by atoms with Crippen molar-refractivity contribution < 1.29 is 49.7 Å². The van der Waals surface area contributed by atoms with E-state index in [1.165, 1.54) is 12.1 Å². The SMILES string of the molecule is CCCC12COC(c3ccc(/C=C/c4ccc(-c5cc(F)c(C(F)(F)OC(F)(F)F)c(F)c5)cc4)cc3)(OC1)O2. The third-order valence-corrected chi connectivity index (χ3v) is 6.66. The van der Waals surface area contributed by atoms with Crippen molar-refractivity contribution in [2.75, 3.05) is 13.2 Å². The van der Waals surface area contributed by atoms with Gasteiger partial charge in [-0.1, -0.05) is 74.0 Å². The van der Waals surface area contributed by atoms with E-state index in [4.69, 9.17) is 14.2 Å². The Hall–Kier alpha value is -3.25. The Morgan fingerprint density at radius 2 is 1.32 bits per heavy atom. The van der Waals surface area contributed by atoms with E-state index < -0.39 is 41.2 Å². The number of rotatable bonds is 8. The minimum Gasteiger partial charge on any atom is -0.320 e. The summed E-state index contributed by atoms with van der Waals surface area (Å²) in [4.78, 5) is 0. The Balaban J connectivity index is 1.27. The lowest BCUT2D eigenvalue weighted by Crippen LogP contribution is -2.35. The Bertz CT molecular complexity index is 1370. The number of ether oxygens (including phenoxy) is 4. The lowest BCUT2D eigenvalue weighted by Gasteiger charge is -2.24. The second-order valence-corrected chi connectivity index (χ2v) is 9.63. The highest BCUT2D eigenvalue weighted by Gasteiger charge is 2.59. The van der Waals surface area contributed by atoms with Gasteiger partial charge in [-0.2, -0.15) is 8.78 Å². The van der Waals surface area contributed by atoms with Crippen LogP contribution in [0.25, 0.3) is 23.3 Å². The highest BCUT2D eigenvalue weighted by molar-refractivity contribution is 5.72. The zero-order chi connectivity index (χ0) is 28.8. The first-order valence-corrected chi connectivity index (χ1v) is 12.4. The molecule has 0 radical (unpaired) electrons. The Labute approximate surface area is 224 Å². The van der Waals surface area contributed by atoms with Crippen LogP contribution in [-0.4, -0.2) is 25.2 Å². The van der Waals surface area contributed by atoms with Crippen molar-refractivity contribution in [1.82, 2.24) is 0 Å². The van der Waals surface area contributed by atoms with Crippen LogP contribution < -0.4 is 0 Å². The lowest BCUT2D eigenvalue weighted by molar-refractivity contribution is -0.432. The smallest absolute Gasteiger partial charge is 0.320 e. The van der Waals surface area contributed by atoms with Gasteiger partial charge >= 0.3 is 18.4 Å². The third kappa shape index (κ3) is 5.64. The maximum Gasteiger partial charge on any atom is 0.527 e. The molecule has 4 nitrogen and oxygen atoms in total. The molecule has 0 spiro atoms. The zero-order valence-electron chi connectivity index (χ0n) is 21.0. The largest absolute Gasteiger partial charge is 0.527 e. The third-order valence-electron chi connectivity index (χ3n) is 6.66. The van der Waals surface area contributed by atoms with Crippen LogP contribution in [0.15, 0.2) is 60.7 Å². The zero-order valence-corrected chi connectivity index (χ0v) is 21.0. The summed E-state index contributed by atoms with van der Waals surface area (Å²) in [6.45, 7) is 3.02. The molecule has 0 amide bonds. The fourth-order valence-corrected chi connectivity index (χ4v) is 4.81. The molecular formula is C29H23F7O4. The molecule has 3 aromatic rings. The van der Waals surface area contributed by atoms with E-state index in [2.05, 4.69) is 11.7 Å². The van der Waals surface area contributed by atoms with E-state index in [0.717, 1.165) is 29.5 Å². The van der Waals surface area contributed by atoms with Gasteiger partial charge in [-0.05, 0) is 40.8 Å². The summed E-state index contributed by atoms with van der Waals surface area (Å²) in [7, 11) is 0. The molecule has 40 heavy (non-hydrogen) atoms. The Morgan fingerprint density at radius 1 is 0.800 bits per heavy atom. The van der Waals surface area contributed by atoms with Gasteiger partial charge < -0.3 is 14.2 Å². The number of fused-ring (bicyclic) bond motifs is 2. The fourth-order valence-electron chi connectivity index (χ4n) is 4.81. The van der Waals surface area contributed by atoms with Gasteiger partial charge in [-0.15, -0.1) is 13.2 Å². The molecule has 5 rings (SSSR count). The van der Waals surface area contributed by atoms with Gasteiger partial charge in [-0.3, -0.25) is 0 Å². The molecule has 0 unspecified atom stereocenters. The molecular weight excluding hydrogens is 545 g/mol. The maximum absolute atomic E-state index is 14.3. The topological polar surface area (TPSA) is 36.9 Å². The normalized spacial score (nSPS) is 22.9. The van der Waals surface area contributed by atoms with Crippen molar-refractivity contribution in [3.63, 3.8) is 0 Å². The van der Waals surface area contributed by atoms with Crippen molar-refractivity contribution >= 4 is 12.2 Å². The number of halogens is 7. The van der Waals surface area contributed by atoms with E-state index in [1.54, 1.807) is 18.2 Å². The van der Waals surface area contributed by atoms with E-state index in [-0.39, 0.29) is 11.1 Å². The van der Waals surface area contributed by atoms with Gasteiger partial charge in [0.1, 0.15) is 22.8 Å². The van der Waals surface area contributed by atoms with Crippen LogP contribution in [0.3, 0.4) is 0 Å². The van der Waals surface area contributed by atoms with Gasteiger partial charge in [-0.25, -0.2) is 13.5 Å². The predicted octanol–water partition coefficient (Wildman–Crippen LogP) is 8.11. The number of hydrogen-bond acceptors (Lipinski definition) is 4. The molecule has 2 bridgehead atoms. The average molecular weight is 568 g/mol. The van der Waals surface area contributed by atoms with Crippen LogP contribution in [0, 0.1) is 11.6 Å². The first-order chi connectivity index (χ1) is 18.8. The summed E-state index contributed by atoms with van der Waals surface area (Å²) in [6.07, 6.45) is -5.61. The summed E-state index contributed by atoms with van der Waals surface area (Å²) in [6, 6.07) is 14.7. The van der Waals surface area contributed by atoms with Gasteiger partial charge in [0.25, 0.3) is 0 Å². The van der Waals surface area contributed by atoms with Crippen LogP contribution >= 0.6 is 0 Å². The minimum atomic E-state index is -5.79. The van der Waals surface area contributed by atoms with Crippen LogP contribution in [0.2, 0.25) is 0 Å². The monoisotopic (exact) mass is 568 g/mol. The molecule has 0 N–H and O–H groups in total. The highest BCUT2D eigenvalue weighted by Crippen LogP contribution is 2.48. The molecule has 0 atom stereocenters. The van der Waals surface area contributed by atoms with Crippen LogP contribution in [0.5, 0.6) is 0 Å². The summed E-state index contributed by atoms with van der Waals surface area (Å²) in [5, 5.41) is 0. The molecule has 2 aliphatic heterocycles. The standard InChI is InChI=1S/C29H23F7O4/c1-2-13-26-16-37-28(39-26,38-17-26)22-11-7-19(8-12-22)4-3-18-5-9-20(10-6-18)21-14-23(30)25(24(31)15-21)27(32,33)40-29(34,35)36/h3-12,14-15H,2,13,16-17H2,1H3/b4-3+. The van der Waals surface area contributed by atoms with Crippen molar-refractivity contribution in [3.8, 4) is 11.1 Å². The maximum atomic E-state index is 14.3. The summed E-state index contributed by atoms with van der Waals surface area (Å²) >= 11 is 0. The van der Waals surface area contributed by atoms with Crippen molar-refractivity contribution in [1.29, 1.82) is 0 Å². The molecule has 11 heteroatoms. The Kier molecular flexibility index (Phi) is 7.28. The first-order valence-electron chi connectivity index (χ1n) is 12.4. The van der Waals surface area contributed by atoms with Crippen LogP contribution in [-0.2, 0) is 31.0 Å². The van der Waals surface area contributed by atoms with E-state index in [1.807, 2.05) is 30.3 Å². The second-order valence-electron chi connectivity index (χ2n) is 9.63. The molecule has 0 aromatic heterocycles. The summed E-state index contributed by atoms with van der Waals surface area (Å²) in [5.74, 6) is -4.93. The predicted molar refractivity (Wildman–Crippen MR) is 131 cm³/mol. The molecule has 0 aliphatic carbocycles. The van der Waals surface area contributed by atoms with Crippen molar-refractivity contribution in [2.45, 2.75) is 43.8 Å². The highest BCUT2D eigenvalue weighted by atomic mass is 19.4. The van der Waals surface area contributed by atoms with E-state index in [0.29, 0.717) is 25.3 Å². The van der Waals surface area contributed by atoms with Gasteiger partial charge in [0.2, 0.25) is 0 Å². The lowest BCUT2D eigenvalue weighted by atomic mass is 10.0. The molecule has 2 saturated heterocycles. The number of benzene rings is 3. The van der Waals surface area contributed by atoms with E-state index >= 15 is 0 Å². The number of hydrogen-bond donors (Lipinski definition) is 0. The molecule has 2 heterocycles. The van der Waals surface area contributed by atoms with Crippen molar-refractivity contribution in [2.24, 2.45) is 0 Å². The molecule has 0 saturated carbocycles.